The zero-order valence-electron chi connectivity index (χ0n) is 7.36. The van der Waals surface area contributed by atoms with Crippen LogP contribution in [0.25, 0.3) is 0 Å². The van der Waals surface area contributed by atoms with E-state index in [9.17, 15) is 8.78 Å². The first-order valence-electron chi connectivity index (χ1n) is 3.87. The third-order valence-electron chi connectivity index (χ3n) is 1.82. The quantitative estimate of drug-likeness (QED) is 0.820. The lowest BCUT2D eigenvalue weighted by Crippen LogP contribution is -2.36. The van der Waals surface area contributed by atoms with Crippen LogP contribution in [0.5, 0.6) is 0 Å². The summed E-state index contributed by atoms with van der Waals surface area (Å²) in [5, 5.41) is 8.40. The van der Waals surface area contributed by atoms with Gasteiger partial charge in [0.25, 0.3) is 5.92 Å². The zero-order chi connectivity index (χ0) is 9.90. The summed E-state index contributed by atoms with van der Waals surface area (Å²) < 4.78 is 25.7. The van der Waals surface area contributed by atoms with Crippen molar-refractivity contribution in [2.24, 2.45) is 5.73 Å². The molecule has 0 aliphatic rings. The average Bonchev–Trinajstić information content (AvgIpc) is 2.18. The Morgan fingerprint density at radius 1 is 1.29 bits per heavy atom. The number of hydrogen-bond donors (Lipinski definition) is 2. The van der Waals surface area contributed by atoms with Gasteiger partial charge < -0.3 is 10.8 Å². The largest absolute Gasteiger partial charge is 0.390 e. The van der Waals surface area contributed by atoms with Crippen LogP contribution in [-0.2, 0) is 0 Å². The van der Waals surface area contributed by atoms with Gasteiger partial charge in [0.1, 0.15) is 6.61 Å². The van der Waals surface area contributed by atoms with E-state index in [1.807, 2.05) is 0 Å². The molecular formula is C9H12ClF2NO. The van der Waals surface area contributed by atoms with Crippen LogP contribution in [0.2, 0.25) is 0 Å². The minimum atomic E-state index is -3.26. The number of aliphatic hydroxyl groups excluding tert-OH is 1. The Morgan fingerprint density at radius 2 is 1.79 bits per heavy atom. The van der Waals surface area contributed by atoms with Crippen molar-refractivity contribution in [3.8, 4) is 0 Å². The molecule has 0 heterocycles. The van der Waals surface area contributed by atoms with Gasteiger partial charge in [-0.3, -0.25) is 0 Å². The Labute approximate surface area is 87.1 Å². The maximum absolute atomic E-state index is 12.9. The number of nitrogens with two attached hydrogens (primary N) is 1. The van der Waals surface area contributed by atoms with E-state index in [0.29, 0.717) is 5.56 Å². The topological polar surface area (TPSA) is 46.2 Å². The van der Waals surface area contributed by atoms with Crippen molar-refractivity contribution in [2.75, 3.05) is 6.61 Å². The summed E-state index contributed by atoms with van der Waals surface area (Å²) in [4.78, 5) is 0. The van der Waals surface area contributed by atoms with Crippen LogP contribution in [0, 0.1) is 0 Å². The molecule has 80 valence electrons. The highest BCUT2D eigenvalue weighted by atomic mass is 35.5. The lowest BCUT2D eigenvalue weighted by Gasteiger charge is -2.21. The second kappa shape index (κ2) is 5.24. The van der Waals surface area contributed by atoms with Gasteiger partial charge in [0.05, 0.1) is 6.04 Å². The molecule has 0 bridgehead atoms. The Kier molecular flexibility index (Phi) is 4.97. The molecule has 0 radical (unpaired) electrons. The predicted molar refractivity (Wildman–Crippen MR) is 52.7 cm³/mol. The molecular weight excluding hydrogens is 212 g/mol. The first-order chi connectivity index (χ1) is 6.08. The molecule has 3 N–H and O–H groups in total. The van der Waals surface area contributed by atoms with Gasteiger partial charge >= 0.3 is 0 Å². The molecule has 0 spiro atoms. The van der Waals surface area contributed by atoms with E-state index in [2.05, 4.69) is 0 Å². The Bertz CT molecular complexity index is 269. The standard InChI is InChI=1S/C9H11F2NO.ClH/c10-9(11,6-13)8(12)7-4-2-1-3-5-7;/h1-5,8,13H,6,12H2;1H/t8-;/m0./s1. The van der Waals surface area contributed by atoms with Crippen LogP contribution < -0.4 is 5.73 Å². The molecule has 5 heteroatoms. The third kappa shape index (κ3) is 2.90. The number of aliphatic hydroxyl groups is 1. The highest BCUT2D eigenvalue weighted by Crippen LogP contribution is 2.28. The normalized spacial score (nSPS) is 13.1. The second-order valence-electron chi connectivity index (χ2n) is 2.81. The van der Waals surface area contributed by atoms with E-state index < -0.39 is 18.6 Å². The van der Waals surface area contributed by atoms with Gasteiger partial charge in [0.2, 0.25) is 0 Å². The molecule has 0 saturated carbocycles. The van der Waals surface area contributed by atoms with Crippen molar-refractivity contribution in [3.63, 3.8) is 0 Å². The molecule has 0 saturated heterocycles. The Balaban J connectivity index is 0.00000169. The van der Waals surface area contributed by atoms with Gasteiger partial charge in [-0.15, -0.1) is 12.4 Å². The van der Waals surface area contributed by atoms with E-state index in [-0.39, 0.29) is 12.4 Å². The molecule has 0 aliphatic carbocycles. The summed E-state index contributed by atoms with van der Waals surface area (Å²) in [6, 6.07) is 6.54. The van der Waals surface area contributed by atoms with Gasteiger partial charge in [0.15, 0.2) is 0 Å². The first kappa shape index (κ1) is 13.3. The number of hydrogen-bond acceptors (Lipinski definition) is 2. The summed E-state index contributed by atoms with van der Waals surface area (Å²) in [6.07, 6.45) is 0. The van der Waals surface area contributed by atoms with Crippen molar-refractivity contribution in [1.82, 2.24) is 0 Å². The summed E-state index contributed by atoms with van der Waals surface area (Å²) in [5.74, 6) is -3.26. The molecule has 14 heavy (non-hydrogen) atoms. The van der Waals surface area contributed by atoms with Gasteiger partial charge in [-0.05, 0) is 5.56 Å². The minimum absolute atomic E-state index is 0. The molecule has 0 aromatic heterocycles. The molecule has 1 aromatic rings. The summed E-state index contributed by atoms with van der Waals surface area (Å²) in [6.45, 7) is -1.23. The first-order valence-corrected chi connectivity index (χ1v) is 3.87. The lowest BCUT2D eigenvalue weighted by atomic mass is 10.0. The van der Waals surface area contributed by atoms with E-state index in [4.69, 9.17) is 10.8 Å². The van der Waals surface area contributed by atoms with Crippen molar-refractivity contribution < 1.29 is 13.9 Å². The highest BCUT2D eigenvalue weighted by Gasteiger charge is 2.36. The maximum Gasteiger partial charge on any atom is 0.289 e. The molecule has 2 nitrogen and oxygen atoms in total. The minimum Gasteiger partial charge on any atom is -0.390 e. The Hall–Kier alpha value is -0.710. The molecule has 0 amide bonds. The fourth-order valence-corrected chi connectivity index (χ4v) is 1.00. The number of rotatable bonds is 3. The Morgan fingerprint density at radius 3 is 2.21 bits per heavy atom. The zero-order valence-corrected chi connectivity index (χ0v) is 8.18. The summed E-state index contributed by atoms with van der Waals surface area (Å²) in [5.41, 5.74) is 5.59. The monoisotopic (exact) mass is 223 g/mol. The maximum atomic E-state index is 12.9. The lowest BCUT2D eigenvalue weighted by molar-refractivity contribution is -0.0711. The van der Waals surface area contributed by atoms with E-state index in [1.54, 1.807) is 18.2 Å². The van der Waals surface area contributed by atoms with Gasteiger partial charge in [-0.1, -0.05) is 30.3 Å². The van der Waals surface area contributed by atoms with E-state index in [1.165, 1.54) is 12.1 Å². The molecule has 1 atom stereocenters. The third-order valence-corrected chi connectivity index (χ3v) is 1.82. The molecule has 1 rings (SSSR count). The molecule has 0 aliphatic heterocycles. The van der Waals surface area contributed by atoms with Crippen molar-refractivity contribution in [3.05, 3.63) is 35.9 Å². The fourth-order valence-electron chi connectivity index (χ4n) is 1.00. The highest BCUT2D eigenvalue weighted by molar-refractivity contribution is 5.85. The van der Waals surface area contributed by atoms with Crippen LogP contribution in [0.4, 0.5) is 8.78 Å². The summed E-state index contributed by atoms with van der Waals surface area (Å²) >= 11 is 0. The fraction of sp³-hybridized carbons (Fsp3) is 0.333. The van der Waals surface area contributed by atoms with Gasteiger partial charge in [-0.25, -0.2) is 8.78 Å². The molecule has 0 fully saturated rings. The molecule has 1 aromatic carbocycles. The van der Waals surface area contributed by atoms with Crippen LogP contribution in [0.3, 0.4) is 0 Å². The van der Waals surface area contributed by atoms with E-state index in [0.717, 1.165) is 0 Å². The van der Waals surface area contributed by atoms with Gasteiger partial charge in [0, 0.05) is 0 Å². The van der Waals surface area contributed by atoms with Crippen LogP contribution in [0.1, 0.15) is 11.6 Å². The summed E-state index contributed by atoms with van der Waals surface area (Å²) in [7, 11) is 0. The average molecular weight is 224 g/mol. The van der Waals surface area contributed by atoms with Crippen molar-refractivity contribution in [1.29, 1.82) is 0 Å². The van der Waals surface area contributed by atoms with E-state index >= 15 is 0 Å². The van der Waals surface area contributed by atoms with Crippen molar-refractivity contribution in [2.45, 2.75) is 12.0 Å². The predicted octanol–water partition coefficient (Wildman–Crippen LogP) is 1.74. The van der Waals surface area contributed by atoms with Crippen molar-refractivity contribution >= 4 is 12.4 Å². The smallest absolute Gasteiger partial charge is 0.289 e. The van der Waals surface area contributed by atoms with Gasteiger partial charge in [-0.2, -0.15) is 0 Å². The van der Waals surface area contributed by atoms with Crippen LogP contribution in [-0.4, -0.2) is 17.6 Å². The molecule has 0 unspecified atom stereocenters. The number of benzene rings is 1. The number of alkyl halides is 2. The second-order valence-corrected chi connectivity index (χ2v) is 2.81. The SMILES string of the molecule is Cl.N[C@@H](c1ccccc1)C(F)(F)CO. The van der Waals surface area contributed by atoms with Crippen LogP contribution in [0.15, 0.2) is 30.3 Å². The number of halogens is 3. The van der Waals surface area contributed by atoms with Crippen LogP contribution >= 0.6 is 12.4 Å².